The zero-order valence-electron chi connectivity index (χ0n) is 21.1. The fourth-order valence-electron chi connectivity index (χ4n) is 4.72. The third-order valence-corrected chi connectivity index (χ3v) is 6.81. The summed E-state index contributed by atoms with van der Waals surface area (Å²) in [5.74, 6) is -3.26. The molecule has 0 spiro atoms. The first kappa shape index (κ1) is 28.5. The number of ether oxygens (including phenoxy) is 6. The maximum atomic E-state index is 12.2. The van der Waals surface area contributed by atoms with Crippen LogP contribution in [0.2, 0.25) is 0 Å². The number of hydrogen-bond donors (Lipinski definition) is 4. The molecule has 0 bridgehead atoms. The van der Waals surface area contributed by atoms with Gasteiger partial charge in [0, 0.05) is 12.0 Å². The Morgan fingerprint density at radius 2 is 1.79 bits per heavy atom. The summed E-state index contributed by atoms with van der Waals surface area (Å²) in [6, 6.07) is 6.07. The van der Waals surface area contributed by atoms with E-state index in [9.17, 15) is 34.8 Å². The number of cyclic esters (lactones) is 1. The van der Waals surface area contributed by atoms with E-state index >= 15 is 0 Å². The highest BCUT2D eigenvalue weighted by atomic mass is 16.8. The lowest BCUT2D eigenvalue weighted by Crippen LogP contribution is -2.61. The number of hydrogen-bond acceptors (Lipinski definition) is 13. The number of phenolic OH excluding ortho intramolecular Hbond substituents is 1. The van der Waals surface area contributed by atoms with E-state index < -0.39 is 79.5 Å². The Balaban J connectivity index is 1.42. The third kappa shape index (κ3) is 6.40. The van der Waals surface area contributed by atoms with E-state index in [2.05, 4.69) is 0 Å². The second-order valence-electron chi connectivity index (χ2n) is 9.36. The largest absolute Gasteiger partial charge is 0.508 e. The Kier molecular flexibility index (Phi) is 8.87. The molecule has 1 aromatic carbocycles. The fraction of sp³-hybridized carbons (Fsp3) is 0.500. The Bertz CT molecular complexity index is 1110. The average Bonchev–Trinajstić information content (AvgIpc) is 2.91. The van der Waals surface area contributed by atoms with E-state index in [1.165, 1.54) is 25.3 Å². The van der Waals surface area contributed by atoms with Crippen LogP contribution in [0, 0.1) is 11.8 Å². The first-order valence-corrected chi connectivity index (χ1v) is 12.2. The number of rotatable bonds is 7. The van der Waals surface area contributed by atoms with Crippen molar-refractivity contribution in [3.8, 4) is 5.75 Å². The van der Waals surface area contributed by atoms with Crippen LogP contribution in [0.3, 0.4) is 0 Å². The minimum atomic E-state index is -1.72. The summed E-state index contributed by atoms with van der Waals surface area (Å²) >= 11 is 0. The molecule has 3 aliphatic rings. The van der Waals surface area contributed by atoms with Gasteiger partial charge in [0.2, 0.25) is 6.29 Å². The standard InChI is InChI=1S/C26H30O13/c1-12-20-15(9-19(29)37-12)16(24(33)34-2)10-36-25(20)39-26-23(32)22(31)21(30)17(38-26)11-35-18(28)8-5-13-3-6-14(27)7-4-13/h3-8,10,12,15,17,20-23,25-27,30-32H,9,11H2,1-2H3/b8-5-/t12-,15?,17-,20?,21+,22+,23-,25+,26+/m1/s1. The molecule has 0 amide bonds. The second kappa shape index (κ2) is 12.1. The van der Waals surface area contributed by atoms with Gasteiger partial charge in [-0.05, 0) is 30.7 Å². The highest BCUT2D eigenvalue weighted by Gasteiger charge is 2.52. The lowest BCUT2D eigenvalue weighted by Gasteiger charge is -2.45. The normalized spacial score (nSPS) is 34.3. The summed E-state index contributed by atoms with van der Waals surface area (Å²) in [7, 11) is 1.19. The molecule has 1 aromatic rings. The molecule has 3 aliphatic heterocycles. The van der Waals surface area contributed by atoms with E-state index in [1.54, 1.807) is 19.1 Å². The lowest BCUT2D eigenvalue weighted by atomic mass is 9.77. The van der Waals surface area contributed by atoms with Crippen LogP contribution in [0.1, 0.15) is 18.9 Å². The molecule has 9 atom stereocenters. The molecule has 39 heavy (non-hydrogen) atoms. The third-order valence-electron chi connectivity index (χ3n) is 6.81. The predicted molar refractivity (Wildman–Crippen MR) is 128 cm³/mol. The maximum absolute atomic E-state index is 12.2. The highest BCUT2D eigenvalue weighted by molar-refractivity contribution is 5.90. The molecule has 4 N–H and O–H groups in total. The first-order valence-electron chi connectivity index (χ1n) is 12.2. The van der Waals surface area contributed by atoms with Gasteiger partial charge in [-0.3, -0.25) is 4.79 Å². The molecule has 0 radical (unpaired) electrons. The van der Waals surface area contributed by atoms with E-state index in [4.69, 9.17) is 28.4 Å². The summed E-state index contributed by atoms with van der Waals surface area (Å²) in [5.41, 5.74) is 0.750. The Morgan fingerprint density at radius 3 is 2.49 bits per heavy atom. The van der Waals surface area contributed by atoms with Crippen molar-refractivity contribution in [2.45, 2.75) is 56.4 Å². The van der Waals surface area contributed by atoms with Crippen molar-refractivity contribution in [1.82, 2.24) is 0 Å². The number of esters is 3. The number of fused-ring (bicyclic) bond motifs is 1. The molecule has 4 rings (SSSR count). The van der Waals surface area contributed by atoms with Gasteiger partial charge in [-0.1, -0.05) is 12.1 Å². The Morgan fingerprint density at radius 1 is 1.08 bits per heavy atom. The molecule has 3 heterocycles. The van der Waals surface area contributed by atoms with Crippen LogP contribution in [-0.2, 0) is 42.8 Å². The van der Waals surface area contributed by atoms with Crippen LogP contribution in [0.5, 0.6) is 5.75 Å². The molecule has 212 valence electrons. The summed E-state index contributed by atoms with van der Waals surface area (Å²) in [5, 5.41) is 40.6. The SMILES string of the molecule is COC(=O)C1=CO[C@@H](O[C@@H]2O[C@H](COC(=O)/C=C\c3ccc(O)cc3)[C@H](O)[C@H](O)[C@H]2O)C2C1CC(=O)O[C@@H]2C. The number of benzene rings is 1. The van der Waals surface area contributed by atoms with Gasteiger partial charge in [-0.25, -0.2) is 9.59 Å². The maximum Gasteiger partial charge on any atom is 0.337 e. The number of carbonyl (C=O) groups excluding carboxylic acids is 3. The number of aliphatic hydroxyl groups is 3. The van der Waals surface area contributed by atoms with E-state index in [-0.39, 0.29) is 17.7 Å². The van der Waals surface area contributed by atoms with Crippen molar-refractivity contribution in [3.63, 3.8) is 0 Å². The number of methoxy groups -OCH3 is 1. The summed E-state index contributed by atoms with van der Waals surface area (Å²) < 4.78 is 32.3. The van der Waals surface area contributed by atoms with Crippen molar-refractivity contribution in [3.05, 3.63) is 47.7 Å². The second-order valence-corrected chi connectivity index (χ2v) is 9.36. The lowest BCUT2D eigenvalue weighted by molar-refractivity contribution is -0.346. The molecule has 0 aliphatic carbocycles. The van der Waals surface area contributed by atoms with Gasteiger partial charge in [0.15, 0.2) is 6.29 Å². The number of aliphatic hydroxyl groups excluding tert-OH is 3. The molecular formula is C26H30O13. The topological polar surface area (TPSA) is 188 Å². The summed E-state index contributed by atoms with van der Waals surface area (Å²) in [4.78, 5) is 36.4. The van der Waals surface area contributed by atoms with Gasteiger partial charge < -0.3 is 48.8 Å². The molecule has 2 fully saturated rings. The number of carbonyl (C=O) groups is 3. The zero-order valence-corrected chi connectivity index (χ0v) is 21.1. The summed E-state index contributed by atoms with van der Waals surface area (Å²) in [6.07, 6.45) is -6.22. The minimum absolute atomic E-state index is 0.0729. The number of aromatic hydroxyl groups is 1. The van der Waals surface area contributed by atoms with Gasteiger partial charge in [0.05, 0.1) is 31.3 Å². The quantitative estimate of drug-likeness (QED) is 0.198. The van der Waals surface area contributed by atoms with Crippen molar-refractivity contribution in [2.75, 3.05) is 13.7 Å². The number of phenols is 1. The van der Waals surface area contributed by atoms with E-state index in [0.717, 1.165) is 12.3 Å². The fourth-order valence-corrected chi connectivity index (χ4v) is 4.72. The monoisotopic (exact) mass is 550 g/mol. The van der Waals surface area contributed by atoms with Crippen molar-refractivity contribution >= 4 is 24.0 Å². The van der Waals surface area contributed by atoms with Crippen LogP contribution in [0.25, 0.3) is 6.08 Å². The summed E-state index contributed by atoms with van der Waals surface area (Å²) in [6.45, 7) is 1.11. The average molecular weight is 551 g/mol. The van der Waals surface area contributed by atoms with Gasteiger partial charge in [0.1, 0.15) is 42.9 Å². The van der Waals surface area contributed by atoms with Gasteiger partial charge >= 0.3 is 17.9 Å². The molecule has 0 aromatic heterocycles. The minimum Gasteiger partial charge on any atom is -0.508 e. The van der Waals surface area contributed by atoms with Crippen molar-refractivity contribution in [2.24, 2.45) is 11.8 Å². The Labute approximate surface area is 223 Å². The van der Waals surface area contributed by atoms with Crippen molar-refractivity contribution < 1.29 is 63.2 Å². The van der Waals surface area contributed by atoms with Gasteiger partial charge in [-0.2, -0.15) is 0 Å². The first-order chi connectivity index (χ1) is 18.6. The Hall–Kier alpha value is -3.49. The molecule has 13 heteroatoms. The van der Waals surface area contributed by atoms with Crippen LogP contribution >= 0.6 is 0 Å². The van der Waals surface area contributed by atoms with Crippen LogP contribution in [0.15, 0.2) is 42.2 Å². The molecule has 0 saturated carbocycles. The highest BCUT2D eigenvalue weighted by Crippen LogP contribution is 2.41. The molecule has 13 nitrogen and oxygen atoms in total. The van der Waals surface area contributed by atoms with E-state index in [1.807, 2.05) is 0 Å². The zero-order chi connectivity index (χ0) is 28.3. The molecular weight excluding hydrogens is 520 g/mol. The van der Waals surface area contributed by atoms with Crippen LogP contribution in [-0.4, -0.2) is 95.2 Å². The predicted octanol–water partition coefficient (Wildman–Crippen LogP) is -0.246. The van der Waals surface area contributed by atoms with Crippen LogP contribution in [0.4, 0.5) is 0 Å². The molecule has 2 unspecified atom stereocenters. The van der Waals surface area contributed by atoms with E-state index in [0.29, 0.717) is 5.56 Å². The van der Waals surface area contributed by atoms with Crippen LogP contribution < -0.4 is 0 Å². The van der Waals surface area contributed by atoms with Gasteiger partial charge in [0.25, 0.3) is 0 Å². The van der Waals surface area contributed by atoms with Crippen molar-refractivity contribution in [1.29, 1.82) is 0 Å². The van der Waals surface area contributed by atoms with Gasteiger partial charge in [-0.15, -0.1) is 0 Å². The smallest absolute Gasteiger partial charge is 0.337 e. The molecule has 2 saturated heterocycles.